The van der Waals surface area contributed by atoms with Gasteiger partial charge in [-0.1, -0.05) is 32.9 Å². The first-order chi connectivity index (χ1) is 7.43. The van der Waals surface area contributed by atoms with Gasteiger partial charge in [-0.15, -0.1) is 11.6 Å². The van der Waals surface area contributed by atoms with Gasteiger partial charge in [0.25, 0.3) is 0 Å². The van der Waals surface area contributed by atoms with Crippen LogP contribution in [0.2, 0.25) is 0 Å². The molecule has 0 radical (unpaired) electrons. The van der Waals surface area contributed by atoms with Crippen molar-refractivity contribution in [2.75, 3.05) is 12.5 Å². The molecule has 0 saturated carbocycles. The smallest absolute Gasteiger partial charge is 0.119 e. The molecule has 1 aromatic rings. The summed E-state index contributed by atoms with van der Waals surface area (Å²) in [5, 5.41) is 9.25. The molecular weight excluding hydrogens is 224 g/mol. The highest BCUT2D eigenvalue weighted by atomic mass is 35.5. The third-order valence-corrected chi connectivity index (χ3v) is 2.70. The summed E-state index contributed by atoms with van der Waals surface area (Å²) >= 11 is 5.47. The van der Waals surface area contributed by atoms with Crippen molar-refractivity contribution in [1.82, 2.24) is 0 Å². The zero-order valence-electron chi connectivity index (χ0n) is 10.0. The van der Waals surface area contributed by atoms with Crippen molar-refractivity contribution < 1.29 is 9.84 Å². The van der Waals surface area contributed by atoms with Gasteiger partial charge in [0.05, 0.1) is 5.88 Å². The SMILES string of the molecule is CC(C)(C)c1ccc(OCC(O)CCl)cc1. The molecule has 0 aliphatic rings. The Bertz CT molecular complexity index is 314. The van der Waals surface area contributed by atoms with Crippen LogP contribution in [0.1, 0.15) is 26.3 Å². The van der Waals surface area contributed by atoms with Gasteiger partial charge in [0.2, 0.25) is 0 Å². The minimum atomic E-state index is -0.607. The van der Waals surface area contributed by atoms with Gasteiger partial charge in [-0.25, -0.2) is 0 Å². The van der Waals surface area contributed by atoms with E-state index in [4.69, 9.17) is 16.3 Å². The zero-order chi connectivity index (χ0) is 12.2. The molecule has 0 bridgehead atoms. The van der Waals surface area contributed by atoms with Crippen molar-refractivity contribution in [3.63, 3.8) is 0 Å². The van der Waals surface area contributed by atoms with Crippen molar-refractivity contribution in [2.45, 2.75) is 32.3 Å². The van der Waals surface area contributed by atoms with Crippen molar-refractivity contribution in [2.24, 2.45) is 0 Å². The van der Waals surface area contributed by atoms with Gasteiger partial charge in [-0.3, -0.25) is 0 Å². The number of ether oxygens (including phenoxy) is 1. The Hall–Kier alpha value is -0.730. The minimum Gasteiger partial charge on any atom is -0.491 e. The van der Waals surface area contributed by atoms with Crippen molar-refractivity contribution in [1.29, 1.82) is 0 Å². The lowest BCUT2D eigenvalue weighted by Gasteiger charge is -2.19. The van der Waals surface area contributed by atoms with Gasteiger partial charge in [-0.2, -0.15) is 0 Å². The fourth-order valence-corrected chi connectivity index (χ4v) is 1.38. The Morgan fingerprint density at radius 1 is 1.25 bits per heavy atom. The number of alkyl halides is 1. The van der Waals surface area contributed by atoms with Crippen LogP contribution in [-0.2, 0) is 5.41 Å². The predicted molar refractivity (Wildman–Crippen MR) is 67.4 cm³/mol. The maximum atomic E-state index is 9.25. The molecule has 0 aliphatic carbocycles. The average Bonchev–Trinajstić information content (AvgIpc) is 2.25. The molecule has 0 aromatic heterocycles. The van der Waals surface area contributed by atoms with Crippen LogP contribution < -0.4 is 4.74 Å². The van der Waals surface area contributed by atoms with E-state index >= 15 is 0 Å². The number of benzene rings is 1. The molecule has 0 aliphatic heterocycles. The fraction of sp³-hybridized carbons (Fsp3) is 0.538. The summed E-state index contributed by atoms with van der Waals surface area (Å²) in [6, 6.07) is 7.92. The third-order valence-electron chi connectivity index (χ3n) is 2.34. The van der Waals surface area contributed by atoms with Crippen LogP contribution in [0, 0.1) is 0 Å². The first-order valence-corrected chi connectivity index (χ1v) is 5.94. The van der Waals surface area contributed by atoms with Gasteiger partial charge in [0.1, 0.15) is 18.5 Å². The molecule has 0 heterocycles. The second-order valence-corrected chi connectivity index (χ2v) is 5.20. The number of rotatable bonds is 4. The molecular formula is C13H19ClO2. The van der Waals surface area contributed by atoms with Crippen LogP contribution in [0.5, 0.6) is 5.75 Å². The van der Waals surface area contributed by atoms with Gasteiger partial charge < -0.3 is 9.84 Å². The Morgan fingerprint density at radius 2 is 1.81 bits per heavy atom. The van der Waals surface area contributed by atoms with Crippen LogP contribution in [0.25, 0.3) is 0 Å². The van der Waals surface area contributed by atoms with Gasteiger partial charge >= 0.3 is 0 Å². The van der Waals surface area contributed by atoms with Crippen LogP contribution in [0.15, 0.2) is 24.3 Å². The second kappa shape index (κ2) is 5.55. The van der Waals surface area contributed by atoms with E-state index in [1.54, 1.807) is 0 Å². The normalized spacial score (nSPS) is 13.6. The van der Waals surface area contributed by atoms with E-state index in [0.717, 1.165) is 5.75 Å². The molecule has 1 N–H and O–H groups in total. The first kappa shape index (κ1) is 13.3. The van der Waals surface area contributed by atoms with Crippen molar-refractivity contribution in [3.05, 3.63) is 29.8 Å². The summed E-state index contributed by atoms with van der Waals surface area (Å²) in [6.07, 6.45) is -0.607. The van der Waals surface area contributed by atoms with E-state index in [1.807, 2.05) is 24.3 Å². The fourth-order valence-electron chi connectivity index (χ4n) is 1.29. The molecule has 0 spiro atoms. The summed E-state index contributed by atoms with van der Waals surface area (Å²) in [5.41, 5.74) is 1.41. The third kappa shape index (κ3) is 4.03. The maximum absolute atomic E-state index is 9.25. The van der Waals surface area contributed by atoms with E-state index in [0.29, 0.717) is 0 Å². The predicted octanol–water partition coefficient (Wildman–Crippen LogP) is 2.96. The van der Waals surface area contributed by atoms with Crippen LogP contribution in [0.4, 0.5) is 0 Å². The highest BCUT2D eigenvalue weighted by Crippen LogP contribution is 2.24. The number of hydrogen-bond acceptors (Lipinski definition) is 2. The number of aliphatic hydroxyl groups is 1. The Morgan fingerprint density at radius 3 is 2.25 bits per heavy atom. The molecule has 0 fully saturated rings. The summed E-state index contributed by atoms with van der Waals surface area (Å²) in [6.45, 7) is 6.73. The summed E-state index contributed by atoms with van der Waals surface area (Å²) in [7, 11) is 0. The van der Waals surface area contributed by atoms with Crippen molar-refractivity contribution >= 4 is 11.6 Å². The molecule has 90 valence electrons. The minimum absolute atomic E-state index is 0.147. The van der Waals surface area contributed by atoms with E-state index in [1.165, 1.54) is 5.56 Å². The lowest BCUT2D eigenvalue weighted by Crippen LogP contribution is -2.19. The lowest BCUT2D eigenvalue weighted by molar-refractivity contribution is 0.125. The summed E-state index contributed by atoms with van der Waals surface area (Å²) < 4.78 is 5.39. The standard InChI is InChI=1S/C13H19ClO2/c1-13(2,3)10-4-6-12(7-5-10)16-9-11(15)8-14/h4-7,11,15H,8-9H2,1-3H3. The molecule has 1 rings (SSSR count). The largest absolute Gasteiger partial charge is 0.491 e. The van der Waals surface area contributed by atoms with E-state index < -0.39 is 6.10 Å². The molecule has 16 heavy (non-hydrogen) atoms. The molecule has 3 heteroatoms. The topological polar surface area (TPSA) is 29.5 Å². The first-order valence-electron chi connectivity index (χ1n) is 5.41. The quantitative estimate of drug-likeness (QED) is 0.823. The highest BCUT2D eigenvalue weighted by Gasteiger charge is 2.13. The Labute approximate surface area is 102 Å². The summed E-state index contributed by atoms with van der Waals surface area (Å²) in [4.78, 5) is 0. The Kier molecular flexibility index (Phi) is 4.63. The molecule has 1 aromatic carbocycles. The number of hydrogen-bond donors (Lipinski definition) is 1. The number of aliphatic hydroxyl groups excluding tert-OH is 1. The molecule has 1 atom stereocenters. The summed E-state index contributed by atoms with van der Waals surface area (Å²) in [5.74, 6) is 0.956. The van der Waals surface area contributed by atoms with Gasteiger partial charge in [-0.05, 0) is 23.1 Å². The van der Waals surface area contributed by atoms with E-state index in [-0.39, 0.29) is 17.9 Å². The van der Waals surface area contributed by atoms with Crippen LogP contribution >= 0.6 is 11.6 Å². The lowest BCUT2D eigenvalue weighted by atomic mass is 9.87. The van der Waals surface area contributed by atoms with E-state index in [2.05, 4.69) is 20.8 Å². The highest BCUT2D eigenvalue weighted by molar-refractivity contribution is 6.18. The maximum Gasteiger partial charge on any atom is 0.119 e. The van der Waals surface area contributed by atoms with Crippen LogP contribution in [-0.4, -0.2) is 23.7 Å². The average molecular weight is 243 g/mol. The van der Waals surface area contributed by atoms with Gasteiger partial charge in [0, 0.05) is 0 Å². The molecule has 0 saturated heterocycles. The number of halogens is 1. The second-order valence-electron chi connectivity index (χ2n) is 4.89. The van der Waals surface area contributed by atoms with Crippen molar-refractivity contribution in [3.8, 4) is 5.75 Å². The molecule has 0 amide bonds. The Balaban J connectivity index is 2.58. The van der Waals surface area contributed by atoms with E-state index in [9.17, 15) is 5.11 Å². The monoisotopic (exact) mass is 242 g/mol. The zero-order valence-corrected chi connectivity index (χ0v) is 10.8. The molecule has 1 unspecified atom stereocenters. The van der Waals surface area contributed by atoms with Crippen LogP contribution in [0.3, 0.4) is 0 Å². The van der Waals surface area contributed by atoms with Gasteiger partial charge in [0.15, 0.2) is 0 Å². The molecule has 2 nitrogen and oxygen atoms in total.